The van der Waals surface area contributed by atoms with Crippen molar-refractivity contribution in [1.29, 1.82) is 0 Å². The highest BCUT2D eigenvalue weighted by Crippen LogP contribution is 2.24. The average molecular weight is 272 g/mol. The molecule has 1 heterocycles. The highest BCUT2D eigenvalue weighted by molar-refractivity contribution is 5.60. The van der Waals surface area contributed by atoms with E-state index in [1.165, 1.54) is 0 Å². The molecule has 0 aliphatic carbocycles. The van der Waals surface area contributed by atoms with Crippen LogP contribution in [0.15, 0.2) is 24.3 Å². The van der Waals surface area contributed by atoms with Crippen molar-refractivity contribution in [3.63, 3.8) is 0 Å². The summed E-state index contributed by atoms with van der Waals surface area (Å²) in [5.74, 6) is 2.83. The van der Waals surface area contributed by atoms with E-state index in [1.54, 1.807) is 13.2 Å². The van der Waals surface area contributed by atoms with Crippen LogP contribution in [0.2, 0.25) is 0 Å². The molecule has 0 saturated carbocycles. The van der Waals surface area contributed by atoms with Crippen LogP contribution in [0, 0.1) is 6.92 Å². The Hall–Kier alpha value is -2.30. The second-order valence-corrected chi connectivity index (χ2v) is 4.65. The fourth-order valence-corrected chi connectivity index (χ4v) is 2.02. The minimum Gasteiger partial charge on any atom is -0.496 e. The third kappa shape index (κ3) is 3.38. The third-order valence-electron chi connectivity index (χ3n) is 2.93. The first-order valence-corrected chi connectivity index (χ1v) is 6.67. The Morgan fingerprint density at radius 3 is 2.70 bits per heavy atom. The van der Waals surface area contributed by atoms with E-state index < -0.39 is 0 Å². The standard InChI is InChI=1S/C15H20N4O/c1-4-5-14-18-13(16)9-15(19-14)17-11-6-7-12(20-3)10(2)8-11/h6-9H,4-5H2,1-3H3,(H3,16,17,18,19). The molecule has 1 aromatic heterocycles. The molecule has 2 aromatic rings. The summed E-state index contributed by atoms with van der Waals surface area (Å²) in [6.45, 7) is 4.09. The van der Waals surface area contributed by atoms with Crippen molar-refractivity contribution in [2.45, 2.75) is 26.7 Å². The topological polar surface area (TPSA) is 73.1 Å². The molecule has 5 heteroatoms. The van der Waals surface area contributed by atoms with Crippen molar-refractivity contribution < 1.29 is 4.74 Å². The molecule has 0 radical (unpaired) electrons. The highest BCUT2D eigenvalue weighted by Gasteiger charge is 2.04. The fraction of sp³-hybridized carbons (Fsp3) is 0.333. The van der Waals surface area contributed by atoms with E-state index in [0.29, 0.717) is 11.6 Å². The second kappa shape index (κ2) is 6.23. The van der Waals surface area contributed by atoms with Gasteiger partial charge in [0.25, 0.3) is 0 Å². The van der Waals surface area contributed by atoms with E-state index in [9.17, 15) is 0 Å². The molecule has 0 unspecified atom stereocenters. The van der Waals surface area contributed by atoms with E-state index in [2.05, 4.69) is 22.2 Å². The molecule has 5 nitrogen and oxygen atoms in total. The van der Waals surface area contributed by atoms with Crippen LogP contribution in [0.25, 0.3) is 0 Å². The van der Waals surface area contributed by atoms with Crippen molar-refractivity contribution in [2.24, 2.45) is 0 Å². The number of hydrogen-bond acceptors (Lipinski definition) is 5. The van der Waals surface area contributed by atoms with E-state index in [4.69, 9.17) is 10.5 Å². The van der Waals surface area contributed by atoms with Gasteiger partial charge in [-0.05, 0) is 37.1 Å². The highest BCUT2D eigenvalue weighted by atomic mass is 16.5. The first kappa shape index (κ1) is 14.1. The van der Waals surface area contributed by atoms with Gasteiger partial charge >= 0.3 is 0 Å². The normalized spacial score (nSPS) is 10.3. The summed E-state index contributed by atoms with van der Waals surface area (Å²) in [5, 5.41) is 3.25. The molecule has 0 saturated heterocycles. The molecular formula is C15H20N4O. The zero-order chi connectivity index (χ0) is 14.5. The maximum absolute atomic E-state index is 5.81. The van der Waals surface area contributed by atoms with Crippen LogP contribution in [0.5, 0.6) is 5.75 Å². The number of benzene rings is 1. The Morgan fingerprint density at radius 1 is 1.25 bits per heavy atom. The van der Waals surface area contributed by atoms with Gasteiger partial charge in [-0.3, -0.25) is 0 Å². The Morgan fingerprint density at radius 2 is 2.05 bits per heavy atom. The van der Waals surface area contributed by atoms with Crippen molar-refractivity contribution in [1.82, 2.24) is 9.97 Å². The number of nitrogen functional groups attached to an aromatic ring is 1. The third-order valence-corrected chi connectivity index (χ3v) is 2.93. The molecule has 3 N–H and O–H groups in total. The summed E-state index contributed by atoms with van der Waals surface area (Å²) in [5.41, 5.74) is 7.82. The average Bonchev–Trinajstić information content (AvgIpc) is 2.38. The van der Waals surface area contributed by atoms with Crippen LogP contribution < -0.4 is 15.8 Å². The molecule has 0 aliphatic rings. The lowest BCUT2D eigenvalue weighted by Crippen LogP contribution is -2.03. The van der Waals surface area contributed by atoms with Gasteiger partial charge in [0.05, 0.1) is 7.11 Å². The van der Waals surface area contributed by atoms with Gasteiger partial charge in [0.2, 0.25) is 0 Å². The molecule has 2 rings (SSSR count). The molecule has 1 aromatic carbocycles. The number of nitrogens with one attached hydrogen (secondary N) is 1. The number of ether oxygens (including phenoxy) is 1. The molecule has 0 bridgehead atoms. The van der Waals surface area contributed by atoms with Gasteiger partial charge in [-0.15, -0.1) is 0 Å². The van der Waals surface area contributed by atoms with Crippen LogP contribution in [-0.2, 0) is 6.42 Å². The number of aromatic nitrogens is 2. The molecular weight excluding hydrogens is 252 g/mol. The quantitative estimate of drug-likeness (QED) is 0.875. The minimum absolute atomic E-state index is 0.483. The van der Waals surface area contributed by atoms with Crippen LogP contribution in [0.4, 0.5) is 17.3 Å². The first-order chi connectivity index (χ1) is 9.62. The van der Waals surface area contributed by atoms with Gasteiger partial charge < -0.3 is 15.8 Å². The number of methoxy groups -OCH3 is 1. The summed E-state index contributed by atoms with van der Waals surface area (Å²) in [7, 11) is 1.66. The predicted octanol–water partition coefficient (Wildman–Crippen LogP) is 3.07. The summed E-state index contributed by atoms with van der Waals surface area (Å²) in [6, 6.07) is 7.62. The van der Waals surface area contributed by atoms with Crippen LogP contribution in [0.3, 0.4) is 0 Å². The molecule has 106 valence electrons. The van der Waals surface area contributed by atoms with E-state index >= 15 is 0 Å². The largest absolute Gasteiger partial charge is 0.496 e. The van der Waals surface area contributed by atoms with Crippen LogP contribution >= 0.6 is 0 Å². The van der Waals surface area contributed by atoms with E-state index in [1.807, 2.05) is 25.1 Å². The number of hydrogen-bond donors (Lipinski definition) is 2. The van der Waals surface area contributed by atoms with Gasteiger partial charge in [-0.2, -0.15) is 0 Å². The molecule has 0 fully saturated rings. The molecule has 0 spiro atoms. The lowest BCUT2D eigenvalue weighted by Gasteiger charge is -2.10. The summed E-state index contributed by atoms with van der Waals surface area (Å²) < 4.78 is 5.25. The van der Waals surface area contributed by atoms with E-state index in [0.717, 1.165) is 35.7 Å². The zero-order valence-electron chi connectivity index (χ0n) is 12.1. The Balaban J connectivity index is 2.23. The van der Waals surface area contributed by atoms with Gasteiger partial charge in [-0.25, -0.2) is 9.97 Å². The van der Waals surface area contributed by atoms with Crippen molar-refractivity contribution >= 4 is 17.3 Å². The first-order valence-electron chi connectivity index (χ1n) is 6.67. The van der Waals surface area contributed by atoms with Crippen molar-refractivity contribution in [3.8, 4) is 5.75 Å². The summed E-state index contributed by atoms with van der Waals surface area (Å²) in [6.07, 6.45) is 1.81. The van der Waals surface area contributed by atoms with Gasteiger partial charge in [0.15, 0.2) is 0 Å². The lowest BCUT2D eigenvalue weighted by atomic mass is 10.2. The lowest BCUT2D eigenvalue weighted by molar-refractivity contribution is 0.412. The number of nitrogens with two attached hydrogens (primary N) is 1. The second-order valence-electron chi connectivity index (χ2n) is 4.65. The molecule has 20 heavy (non-hydrogen) atoms. The maximum atomic E-state index is 5.81. The Labute approximate surface area is 119 Å². The Bertz CT molecular complexity index is 598. The van der Waals surface area contributed by atoms with Crippen LogP contribution in [-0.4, -0.2) is 17.1 Å². The molecule has 0 amide bonds. The predicted molar refractivity (Wildman–Crippen MR) is 81.5 cm³/mol. The number of anilines is 3. The smallest absolute Gasteiger partial charge is 0.136 e. The fourth-order valence-electron chi connectivity index (χ4n) is 2.02. The van der Waals surface area contributed by atoms with Gasteiger partial charge in [0.1, 0.15) is 23.2 Å². The molecule has 0 atom stereocenters. The van der Waals surface area contributed by atoms with Crippen molar-refractivity contribution in [3.05, 3.63) is 35.7 Å². The number of nitrogens with zero attached hydrogens (tertiary/aromatic N) is 2. The van der Waals surface area contributed by atoms with Gasteiger partial charge in [0, 0.05) is 18.2 Å². The molecule has 0 aliphatic heterocycles. The maximum Gasteiger partial charge on any atom is 0.136 e. The number of aryl methyl sites for hydroxylation is 2. The minimum atomic E-state index is 0.483. The number of rotatable bonds is 5. The van der Waals surface area contributed by atoms with E-state index in [-0.39, 0.29) is 0 Å². The van der Waals surface area contributed by atoms with Gasteiger partial charge in [-0.1, -0.05) is 6.92 Å². The summed E-state index contributed by atoms with van der Waals surface area (Å²) in [4.78, 5) is 8.67. The monoisotopic (exact) mass is 272 g/mol. The van der Waals surface area contributed by atoms with Crippen LogP contribution in [0.1, 0.15) is 24.7 Å². The summed E-state index contributed by atoms with van der Waals surface area (Å²) >= 11 is 0. The zero-order valence-corrected chi connectivity index (χ0v) is 12.1. The van der Waals surface area contributed by atoms with Crippen molar-refractivity contribution in [2.75, 3.05) is 18.2 Å². The SMILES string of the molecule is CCCc1nc(N)cc(Nc2ccc(OC)c(C)c2)n1. The Kier molecular flexibility index (Phi) is 4.40.